The zero-order valence-corrected chi connectivity index (χ0v) is 23.3. The topological polar surface area (TPSA) is 82.1 Å². The number of hydrogen-bond acceptors (Lipinski definition) is 6. The monoisotopic (exact) mass is 519 g/mol. The van der Waals surface area contributed by atoms with Gasteiger partial charge in [0, 0.05) is 0 Å². The summed E-state index contributed by atoms with van der Waals surface area (Å²) in [6.07, 6.45) is -0.838. The fraction of sp³-hybridized carbons (Fsp3) is 0.500. The molecule has 1 amide bonds. The molecule has 2 unspecified atom stereocenters. The van der Waals surface area contributed by atoms with Crippen LogP contribution in [0.1, 0.15) is 38.3 Å². The number of carbonyl (C=O) groups is 1. The van der Waals surface area contributed by atoms with Crippen LogP contribution in [0.15, 0.2) is 59.5 Å². The van der Waals surface area contributed by atoms with Crippen molar-refractivity contribution >= 4 is 24.5 Å². The minimum absolute atomic E-state index is 0.00886. The molecule has 2 aromatic rings. The van der Waals surface area contributed by atoms with Gasteiger partial charge in [0.15, 0.2) is 8.32 Å². The van der Waals surface area contributed by atoms with E-state index in [9.17, 15) is 13.2 Å². The average Bonchev–Trinajstić information content (AvgIpc) is 3.18. The van der Waals surface area contributed by atoms with Gasteiger partial charge in [-0.3, -0.25) is 4.18 Å². The highest BCUT2D eigenvalue weighted by Gasteiger charge is 2.42. The number of nitrogens with zero attached hydrogens (tertiary/aromatic N) is 1. The van der Waals surface area contributed by atoms with Crippen molar-refractivity contribution in [1.29, 1.82) is 0 Å². The predicted octanol–water partition coefficient (Wildman–Crippen LogP) is 5.50. The maximum Gasteiger partial charge on any atom is 0.410 e. The lowest BCUT2D eigenvalue weighted by Crippen LogP contribution is -2.46. The normalized spacial score (nSPS) is 19.1. The predicted molar refractivity (Wildman–Crippen MR) is 138 cm³/mol. The number of amides is 1. The summed E-state index contributed by atoms with van der Waals surface area (Å²) >= 11 is 0. The van der Waals surface area contributed by atoms with Crippen LogP contribution in [-0.2, 0) is 30.1 Å². The van der Waals surface area contributed by atoms with Gasteiger partial charge in [0.2, 0.25) is 0 Å². The molecule has 192 valence electrons. The van der Waals surface area contributed by atoms with E-state index in [1.165, 1.54) is 12.1 Å². The average molecular weight is 520 g/mol. The summed E-state index contributed by atoms with van der Waals surface area (Å²) in [5, 5.41) is 0.00886. The molecule has 9 heteroatoms. The molecule has 0 spiro atoms. The Balaban J connectivity index is 1.73. The Hall–Kier alpha value is -2.20. The molecule has 35 heavy (non-hydrogen) atoms. The first-order valence-electron chi connectivity index (χ1n) is 11.9. The number of likely N-dealkylation sites (tertiary alicyclic amines) is 1. The maximum atomic E-state index is 13.0. The van der Waals surface area contributed by atoms with Gasteiger partial charge in [-0.05, 0) is 49.2 Å². The van der Waals surface area contributed by atoms with Crippen molar-refractivity contribution in [3.63, 3.8) is 0 Å². The first-order chi connectivity index (χ1) is 16.3. The summed E-state index contributed by atoms with van der Waals surface area (Å²) in [6, 6.07) is 15.6. The van der Waals surface area contributed by atoms with Crippen LogP contribution in [0, 0.1) is 6.92 Å². The van der Waals surface area contributed by atoms with E-state index in [0.717, 1.165) is 11.1 Å². The Morgan fingerprint density at radius 3 is 2.29 bits per heavy atom. The minimum atomic E-state index is -3.97. The second-order valence-electron chi connectivity index (χ2n) is 10.6. The molecular formula is C26H37NO6SSi. The van der Waals surface area contributed by atoms with Gasteiger partial charge in [0.05, 0.1) is 30.2 Å². The molecule has 0 radical (unpaired) electrons. The van der Waals surface area contributed by atoms with Gasteiger partial charge in [0.25, 0.3) is 10.1 Å². The second kappa shape index (κ2) is 10.8. The zero-order chi connectivity index (χ0) is 25.9. The molecule has 0 saturated carbocycles. The van der Waals surface area contributed by atoms with Crippen LogP contribution in [0.5, 0.6) is 0 Å². The van der Waals surface area contributed by atoms with Crippen molar-refractivity contribution in [2.45, 2.75) is 75.9 Å². The molecule has 7 nitrogen and oxygen atoms in total. The molecule has 3 rings (SSSR count). The lowest BCUT2D eigenvalue weighted by atomic mass is 10.2. The van der Waals surface area contributed by atoms with E-state index in [2.05, 4.69) is 33.9 Å². The van der Waals surface area contributed by atoms with Gasteiger partial charge in [-0.15, -0.1) is 0 Å². The molecule has 0 bridgehead atoms. The standard InChI is InChI=1S/C26H37NO6SSi/c1-20-12-14-24(15-13-20)34(29,30)33-23-16-22(19-32-35(5,6)26(2,3)4)27(17-23)25(28)31-18-21-10-8-7-9-11-21/h7-15,22-23H,16-19H2,1-6H3. The Morgan fingerprint density at radius 2 is 1.69 bits per heavy atom. The van der Waals surface area contributed by atoms with Crippen molar-refractivity contribution < 1.29 is 26.6 Å². The quantitative estimate of drug-likeness (QED) is 0.338. The molecule has 1 fully saturated rings. The number of aryl methyl sites for hydroxylation is 1. The van der Waals surface area contributed by atoms with Gasteiger partial charge in [-0.2, -0.15) is 8.42 Å². The van der Waals surface area contributed by atoms with Gasteiger partial charge in [0.1, 0.15) is 6.61 Å². The second-order valence-corrected chi connectivity index (χ2v) is 17.0. The summed E-state index contributed by atoms with van der Waals surface area (Å²) in [7, 11) is -6.04. The largest absolute Gasteiger partial charge is 0.445 e. The highest BCUT2D eigenvalue weighted by Crippen LogP contribution is 2.37. The van der Waals surface area contributed by atoms with E-state index in [1.54, 1.807) is 17.0 Å². The van der Waals surface area contributed by atoms with Crippen LogP contribution in [0.2, 0.25) is 18.1 Å². The van der Waals surface area contributed by atoms with Crippen LogP contribution < -0.4 is 0 Å². The number of hydrogen-bond donors (Lipinski definition) is 0. The molecular weight excluding hydrogens is 482 g/mol. The SMILES string of the molecule is Cc1ccc(S(=O)(=O)OC2CC(CO[Si](C)(C)C(C)(C)C)N(C(=O)OCc3ccccc3)C2)cc1. The molecule has 2 atom stereocenters. The van der Waals surface area contributed by atoms with Crippen molar-refractivity contribution in [2.24, 2.45) is 0 Å². The first kappa shape index (κ1) is 27.4. The van der Waals surface area contributed by atoms with E-state index in [-0.39, 0.29) is 29.1 Å². The van der Waals surface area contributed by atoms with Crippen molar-refractivity contribution in [3.05, 3.63) is 65.7 Å². The maximum absolute atomic E-state index is 13.0. The highest BCUT2D eigenvalue weighted by molar-refractivity contribution is 7.86. The number of ether oxygens (including phenoxy) is 1. The molecule has 0 aliphatic carbocycles. The Kier molecular flexibility index (Phi) is 8.47. The molecule has 0 N–H and O–H groups in total. The number of carbonyl (C=O) groups excluding carboxylic acids is 1. The highest BCUT2D eigenvalue weighted by atomic mass is 32.2. The van der Waals surface area contributed by atoms with Crippen molar-refractivity contribution in [3.8, 4) is 0 Å². The van der Waals surface area contributed by atoms with Crippen LogP contribution in [0.4, 0.5) is 4.79 Å². The van der Waals surface area contributed by atoms with Gasteiger partial charge in [-0.25, -0.2) is 4.79 Å². The lowest BCUT2D eigenvalue weighted by Gasteiger charge is -2.37. The third kappa shape index (κ3) is 7.16. The Labute approximate surface area is 210 Å². The van der Waals surface area contributed by atoms with Crippen molar-refractivity contribution in [2.75, 3.05) is 13.2 Å². The molecule has 1 aliphatic heterocycles. The fourth-order valence-corrected chi connectivity index (χ4v) is 5.71. The zero-order valence-electron chi connectivity index (χ0n) is 21.5. The summed E-state index contributed by atoms with van der Waals surface area (Å²) < 4.78 is 43.2. The van der Waals surface area contributed by atoms with Crippen molar-refractivity contribution in [1.82, 2.24) is 4.90 Å². The molecule has 0 aromatic heterocycles. The van der Waals surface area contributed by atoms with Gasteiger partial charge < -0.3 is 14.1 Å². The molecule has 1 heterocycles. The van der Waals surface area contributed by atoms with Gasteiger partial charge in [-0.1, -0.05) is 68.8 Å². The van der Waals surface area contributed by atoms with E-state index < -0.39 is 30.6 Å². The molecule has 1 saturated heterocycles. The van der Waals surface area contributed by atoms with Crippen LogP contribution >= 0.6 is 0 Å². The van der Waals surface area contributed by atoms with Gasteiger partial charge >= 0.3 is 6.09 Å². The van der Waals surface area contributed by atoms with E-state index in [4.69, 9.17) is 13.3 Å². The van der Waals surface area contributed by atoms with E-state index in [1.807, 2.05) is 37.3 Å². The summed E-state index contributed by atoms with van der Waals surface area (Å²) in [4.78, 5) is 14.7. The summed E-state index contributed by atoms with van der Waals surface area (Å²) in [5.74, 6) is 0. The third-order valence-electron chi connectivity index (χ3n) is 6.83. The fourth-order valence-electron chi connectivity index (χ4n) is 3.59. The number of benzene rings is 2. The minimum Gasteiger partial charge on any atom is -0.445 e. The third-order valence-corrected chi connectivity index (χ3v) is 12.7. The first-order valence-corrected chi connectivity index (χ1v) is 16.2. The summed E-state index contributed by atoms with van der Waals surface area (Å²) in [6.45, 7) is 13.2. The smallest absolute Gasteiger partial charge is 0.410 e. The number of rotatable bonds is 8. The molecule has 1 aliphatic rings. The lowest BCUT2D eigenvalue weighted by molar-refractivity contribution is 0.0790. The summed E-state index contributed by atoms with van der Waals surface area (Å²) in [5.41, 5.74) is 1.84. The van der Waals surface area contributed by atoms with E-state index in [0.29, 0.717) is 13.0 Å². The van der Waals surface area contributed by atoms with Crippen LogP contribution in [0.25, 0.3) is 0 Å². The van der Waals surface area contributed by atoms with Crippen LogP contribution in [-0.4, -0.2) is 53.0 Å². The van der Waals surface area contributed by atoms with Crippen LogP contribution in [0.3, 0.4) is 0 Å². The molecule has 2 aromatic carbocycles. The Bertz CT molecular complexity index is 1100. The Morgan fingerprint density at radius 1 is 1.06 bits per heavy atom. The van der Waals surface area contributed by atoms with E-state index >= 15 is 0 Å².